The van der Waals surface area contributed by atoms with E-state index in [0.717, 1.165) is 17.0 Å². The monoisotopic (exact) mass is 298 g/mol. The second kappa shape index (κ2) is 8.12. The lowest BCUT2D eigenvalue weighted by Gasteiger charge is -2.14. The van der Waals surface area contributed by atoms with Crippen molar-refractivity contribution in [3.63, 3.8) is 0 Å². The van der Waals surface area contributed by atoms with Crippen LogP contribution in [0.25, 0.3) is 0 Å². The fourth-order valence-corrected chi connectivity index (χ4v) is 2.37. The van der Waals surface area contributed by atoms with Gasteiger partial charge in [0.15, 0.2) is 0 Å². The molecule has 0 aliphatic carbocycles. The van der Waals surface area contributed by atoms with Crippen LogP contribution in [0.15, 0.2) is 40.9 Å². The molecule has 0 fully saturated rings. The lowest BCUT2D eigenvalue weighted by atomic mass is 10.3. The Morgan fingerprint density at radius 1 is 1.37 bits per heavy atom. The van der Waals surface area contributed by atoms with Gasteiger partial charge in [0.25, 0.3) is 5.91 Å². The van der Waals surface area contributed by atoms with Gasteiger partial charge in [-0.1, -0.05) is 24.6 Å². The van der Waals surface area contributed by atoms with E-state index in [1.54, 1.807) is 0 Å². The number of hydrogen-bond donors (Lipinski definition) is 2. The van der Waals surface area contributed by atoms with Crippen molar-refractivity contribution in [2.45, 2.75) is 37.3 Å². The predicted molar refractivity (Wildman–Crippen MR) is 82.1 cm³/mol. The fraction of sp³-hybridized carbons (Fsp3) is 0.357. The molecule has 0 aliphatic rings. The van der Waals surface area contributed by atoms with Crippen LogP contribution in [-0.2, 0) is 4.79 Å². The van der Waals surface area contributed by atoms with Gasteiger partial charge in [0.05, 0.1) is 5.25 Å². The summed E-state index contributed by atoms with van der Waals surface area (Å²) in [4.78, 5) is 12.9. The molecule has 0 aromatic heterocycles. The Morgan fingerprint density at radius 2 is 2.00 bits per heavy atom. The van der Waals surface area contributed by atoms with Crippen LogP contribution in [0.4, 0.5) is 0 Å². The zero-order chi connectivity index (χ0) is 14.3. The quantitative estimate of drug-likeness (QED) is 0.621. The number of allylic oxidation sites excluding steroid dienone is 2. The van der Waals surface area contributed by atoms with Crippen molar-refractivity contribution in [1.82, 2.24) is 10.9 Å². The molecule has 0 radical (unpaired) electrons. The van der Waals surface area contributed by atoms with Crippen molar-refractivity contribution >= 4 is 29.3 Å². The predicted octanol–water partition coefficient (Wildman–Crippen LogP) is 3.76. The first-order valence-electron chi connectivity index (χ1n) is 6.20. The number of hydrazine groups is 1. The number of hydrogen-bond acceptors (Lipinski definition) is 3. The van der Waals surface area contributed by atoms with Gasteiger partial charge in [-0.15, -0.1) is 11.8 Å². The molecule has 0 unspecified atom stereocenters. The Kier molecular flexibility index (Phi) is 6.81. The smallest absolute Gasteiger partial charge is 0.251 e. The van der Waals surface area contributed by atoms with Crippen LogP contribution in [0.5, 0.6) is 0 Å². The highest BCUT2D eigenvalue weighted by atomic mass is 35.5. The molecule has 2 N–H and O–H groups in total. The highest BCUT2D eigenvalue weighted by Crippen LogP contribution is 2.24. The highest BCUT2D eigenvalue weighted by Gasteiger charge is 2.14. The fourth-order valence-electron chi connectivity index (χ4n) is 1.38. The van der Waals surface area contributed by atoms with Crippen molar-refractivity contribution in [2.75, 3.05) is 0 Å². The van der Waals surface area contributed by atoms with Crippen LogP contribution < -0.4 is 10.9 Å². The topological polar surface area (TPSA) is 41.1 Å². The van der Waals surface area contributed by atoms with Crippen LogP contribution >= 0.6 is 23.4 Å². The molecule has 3 nitrogen and oxygen atoms in total. The minimum Gasteiger partial charge on any atom is -0.303 e. The second-order valence-electron chi connectivity index (χ2n) is 4.00. The molecular weight excluding hydrogens is 280 g/mol. The average Bonchev–Trinajstić information content (AvgIpc) is 2.42. The van der Waals surface area contributed by atoms with E-state index in [2.05, 4.69) is 10.9 Å². The third kappa shape index (κ3) is 5.57. The number of thioether (sulfide) groups is 1. The largest absolute Gasteiger partial charge is 0.303 e. The molecule has 0 bridgehead atoms. The maximum Gasteiger partial charge on any atom is 0.251 e. The molecule has 1 aromatic rings. The Hall–Kier alpha value is -1.13. The second-order valence-corrected chi connectivity index (χ2v) is 5.85. The van der Waals surface area contributed by atoms with Crippen molar-refractivity contribution in [2.24, 2.45) is 0 Å². The summed E-state index contributed by atoms with van der Waals surface area (Å²) in [6, 6.07) is 7.46. The summed E-state index contributed by atoms with van der Waals surface area (Å²) in [5.41, 5.74) is 6.63. The lowest BCUT2D eigenvalue weighted by molar-refractivity contribution is -0.121. The van der Waals surface area contributed by atoms with E-state index in [0.29, 0.717) is 5.02 Å². The molecule has 0 saturated carbocycles. The summed E-state index contributed by atoms with van der Waals surface area (Å²) < 4.78 is 0. The zero-order valence-corrected chi connectivity index (χ0v) is 12.9. The van der Waals surface area contributed by atoms with Crippen LogP contribution in [0.2, 0.25) is 5.02 Å². The van der Waals surface area contributed by atoms with Crippen LogP contribution in [0.3, 0.4) is 0 Å². The molecule has 0 aliphatic heterocycles. The van der Waals surface area contributed by atoms with Crippen LogP contribution in [0.1, 0.15) is 27.2 Å². The number of rotatable bonds is 6. The molecule has 5 heteroatoms. The highest BCUT2D eigenvalue weighted by molar-refractivity contribution is 8.00. The minimum atomic E-state index is -0.177. The van der Waals surface area contributed by atoms with Gasteiger partial charge >= 0.3 is 0 Å². The Labute approximate surface area is 123 Å². The van der Waals surface area contributed by atoms with Crippen LogP contribution in [0, 0.1) is 0 Å². The van der Waals surface area contributed by atoms with Gasteiger partial charge in [0.1, 0.15) is 0 Å². The number of halogens is 1. The van der Waals surface area contributed by atoms with E-state index in [1.165, 1.54) is 11.8 Å². The number of benzene rings is 1. The zero-order valence-electron chi connectivity index (χ0n) is 11.4. The maximum atomic E-state index is 11.9. The number of carbonyl (C=O) groups is 1. The van der Waals surface area contributed by atoms with E-state index >= 15 is 0 Å². The molecule has 0 heterocycles. The summed E-state index contributed by atoms with van der Waals surface area (Å²) in [5.74, 6) is -0.0484. The van der Waals surface area contributed by atoms with Crippen molar-refractivity contribution in [3.8, 4) is 0 Å². The van der Waals surface area contributed by atoms with Crippen molar-refractivity contribution in [1.29, 1.82) is 0 Å². The number of amides is 1. The Morgan fingerprint density at radius 3 is 2.53 bits per heavy atom. The van der Waals surface area contributed by atoms with Gasteiger partial charge in [0.2, 0.25) is 0 Å². The van der Waals surface area contributed by atoms with E-state index in [1.807, 2.05) is 51.1 Å². The number of carbonyl (C=O) groups excluding carboxylic acids is 1. The Bertz CT molecular complexity index is 445. The third-order valence-electron chi connectivity index (χ3n) is 2.57. The first-order chi connectivity index (χ1) is 9.06. The summed E-state index contributed by atoms with van der Waals surface area (Å²) in [6.07, 6.45) is 2.80. The van der Waals surface area contributed by atoms with Gasteiger partial charge in [0, 0.05) is 15.6 Å². The average molecular weight is 299 g/mol. The van der Waals surface area contributed by atoms with E-state index in [4.69, 9.17) is 11.6 Å². The van der Waals surface area contributed by atoms with Gasteiger partial charge < -0.3 is 5.43 Å². The molecule has 0 spiro atoms. The van der Waals surface area contributed by atoms with Crippen molar-refractivity contribution in [3.05, 3.63) is 41.1 Å². The SMILES string of the molecule is C/C=C(/CC)NNC(=O)[C@@H](C)Sc1ccc(Cl)cc1. The molecule has 1 aromatic carbocycles. The summed E-state index contributed by atoms with van der Waals surface area (Å²) in [7, 11) is 0. The number of nitrogens with one attached hydrogen (secondary N) is 2. The standard InChI is InChI=1S/C14H19ClN2OS/c1-4-12(5-2)16-17-14(18)10(3)19-13-8-6-11(15)7-9-13/h4,6-10,16H,5H2,1-3H3,(H,17,18)/b12-4-/t10-/m1/s1. The third-order valence-corrected chi connectivity index (χ3v) is 3.94. The molecule has 1 atom stereocenters. The van der Waals surface area contributed by atoms with Gasteiger partial charge in [-0.05, 0) is 44.5 Å². The van der Waals surface area contributed by atoms with E-state index in [-0.39, 0.29) is 11.2 Å². The molecule has 1 rings (SSSR count). The first kappa shape index (κ1) is 15.9. The van der Waals surface area contributed by atoms with E-state index in [9.17, 15) is 4.79 Å². The molecule has 0 saturated heterocycles. The van der Waals surface area contributed by atoms with Gasteiger partial charge in [-0.2, -0.15) is 0 Å². The summed E-state index contributed by atoms with van der Waals surface area (Å²) in [5, 5.41) is 0.521. The van der Waals surface area contributed by atoms with Gasteiger partial charge in [-0.3, -0.25) is 10.2 Å². The van der Waals surface area contributed by atoms with Crippen molar-refractivity contribution < 1.29 is 4.79 Å². The van der Waals surface area contributed by atoms with Crippen LogP contribution in [-0.4, -0.2) is 11.2 Å². The molecule has 104 valence electrons. The van der Waals surface area contributed by atoms with Gasteiger partial charge in [-0.25, -0.2) is 0 Å². The molecule has 19 heavy (non-hydrogen) atoms. The van der Waals surface area contributed by atoms with E-state index < -0.39 is 0 Å². The first-order valence-corrected chi connectivity index (χ1v) is 7.45. The maximum absolute atomic E-state index is 11.9. The molecule has 1 amide bonds. The normalized spacial score (nSPS) is 12.9. The summed E-state index contributed by atoms with van der Waals surface area (Å²) >= 11 is 7.32. The lowest BCUT2D eigenvalue weighted by Crippen LogP contribution is -2.40. The molecular formula is C14H19ClN2OS. The minimum absolute atomic E-state index is 0.0484. The summed E-state index contributed by atoms with van der Waals surface area (Å²) in [6.45, 7) is 5.84. The Balaban J connectivity index is 2.46.